The standard InChI is InChI=1S/C13H16N2.H2O4S/c1-9-5-4-6-12(10(9)2)11(3)13-7-14-8-15-13;1-5(2,3)4/h4-8,11H,1-3H3,(H,14,15);(H2,1,2,3,4)/t11-;/m0./s1. The molecule has 0 radical (unpaired) electrons. The summed E-state index contributed by atoms with van der Waals surface area (Å²) in [4.78, 5) is 7.31. The van der Waals surface area contributed by atoms with Gasteiger partial charge in [0.05, 0.1) is 12.0 Å². The van der Waals surface area contributed by atoms with E-state index in [4.69, 9.17) is 17.5 Å². The Kier molecular flexibility index (Phi) is 5.43. The molecule has 6 nitrogen and oxygen atoms in total. The van der Waals surface area contributed by atoms with Gasteiger partial charge in [0.2, 0.25) is 0 Å². The van der Waals surface area contributed by atoms with Crippen LogP contribution in [0.1, 0.15) is 35.2 Å². The molecule has 0 saturated carbocycles. The van der Waals surface area contributed by atoms with Gasteiger partial charge >= 0.3 is 10.4 Å². The number of H-pyrrole nitrogens is 1. The van der Waals surface area contributed by atoms with E-state index in [-0.39, 0.29) is 0 Å². The normalized spacial score (nSPS) is 12.4. The Hall–Kier alpha value is -1.70. The van der Waals surface area contributed by atoms with Crippen molar-refractivity contribution in [2.45, 2.75) is 26.7 Å². The molecule has 0 aliphatic heterocycles. The van der Waals surface area contributed by atoms with Crippen LogP contribution in [0.2, 0.25) is 0 Å². The molecule has 0 amide bonds. The Balaban J connectivity index is 0.000000347. The van der Waals surface area contributed by atoms with Crippen molar-refractivity contribution >= 4 is 10.4 Å². The number of nitrogens with one attached hydrogen (secondary N) is 1. The Labute approximate surface area is 118 Å². The van der Waals surface area contributed by atoms with Crippen LogP contribution >= 0.6 is 0 Å². The highest BCUT2D eigenvalue weighted by atomic mass is 32.3. The van der Waals surface area contributed by atoms with Crippen molar-refractivity contribution in [3.05, 3.63) is 53.1 Å². The summed E-state index contributed by atoms with van der Waals surface area (Å²) in [7, 11) is -4.67. The van der Waals surface area contributed by atoms with Crippen molar-refractivity contribution in [3.8, 4) is 0 Å². The minimum Gasteiger partial charge on any atom is -0.351 e. The van der Waals surface area contributed by atoms with E-state index in [2.05, 4.69) is 48.9 Å². The average molecular weight is 298 g/mol. The van der Waals surface area contributed by atoms with Crippen molar-refractivity contribution in [1.29, 1.82) is 0 Å². The largest absolute Gasteiger partial charge is 0.394 e. The lowest BCUT2D eigenvalue weighted by atomic mass is 9.92. The summed E-state index contributed by atoms with van der Waals surface area (Å²) in [5.74, 6) is 0.358. The number of nitrogens with zero attached hydrogens (tertiary/aromatic N) is 1. The summed E-state index contributed by atoms with van der Waals surface area (Å²) in [6.07, 6.45) is 3.70. The lowest BCUT2D eigenvalue weighted by Gasteiger charge is -2.14. The molecule has 0 saturated heterocycles. The lowest BCUT2D eigenvalue weighted by molar-refractivity contribution is 0.381. The number of hydrogen-bond donors (Lipinski definition) is 3. The third-order valence-electron chi connectivity index (χ3n) is 3.08. The van der Waals surface area contributed by atoms with Gasteiger partial charge in [-0.1, -0.05) is 25.1 Å². The first-order chi connectivity index (χ1) is 9.20. The van der Waals surface area contributed by atoms with Gasteiger partial charge in [-0.2, -0.15) is 8.42 Å². The van der Waals surface area contributed by atoms with Gasteiger partial charge < -0.3 is 4.98 Å². The van der Waals surface area contributed by atoms with Crippen LogP contribution in [0.3, 0.4) is 0 Å². The molecule has 0 spiro atoms. The first-order valence-electron chi connectivity index (χ1n) is 5.95. The molecule has 1 aromatic carbocycles. The van der Waals surface area contributed by atoms with Gasteiger partial charge in [-0.3, -0.25) is 9.11 Å². The molecular weight excluding hydrogens is 280 g/mol. The number of rotatable bonds is 2. The van der Waals surface area contributed by atoms with Gasteiger partial charge in [0, 0.05) is 12.1 Å². The monoisotopic (exact) mass is 298 g/mol. The summed E-state index contributed by atoms with van der Waals surface area (Å²) >= 11 is 0. The second kappa shape index (κ2) is 6.65. The second-order valence-corrected chi connectivity index (χ2v) is 5.35. The molecule has 2 rings (SSSR count). The number of aryl methyl sites for hydroxylation is 1. The minimum absolute atomic E-state index is 0.358. The second-order valence-electron chi connectivity index (χ2n) is 4.45. The van der Waals surface area contributed by atoms with Crippen molar-refractivity contribution in [3.63, 3.8) is 0 Å². The van der Waals surface area contributed by atoms with E-state index in [1.807, 2.05) is 6.20 Å². The molecule has 0 bridgehead atoms. The fourth-order valence-electron chi connectivity index (χ4n) is 1.91. The topological polar surface area (TPSA) is 103 Å². The Morgan fingerprint density at radius 3 is 2.35 bits per heavy atom. The first-order valence-corrected chi connectivity index (χ1v) is 7.34. The molecule has 0 aliphatic carbocycles. The van der Waals surface area contributed by atoms with Crippen molar-refractivity contribution in [2.24, 2.45) is 0 Å². The lowest BCUT2D eigenvalue weighted by Crippen LogP contribution is -2.00. The van der Waals surface area contributed by atoms with Gasteiger partial charge in [-0.15, -0.1) is 0 Å². The van der Waals surface area contributed by atoms with Crippen LogP contribution in [-0.4, -0.2) is 27.5 Å². The molecule has 0 unspecified atom stereocenters. The molecule has 1 heterocycles. The van der Waals surface area contributed by atoms with Gasteiger partial charge in [0.15, 0.2) is 0 Å². The SMILES string of the molecule is Cc1cccc([C@H](C)c2c[nH]cn2)c1C.O=S(=O)(O)O. The maximum Gasteiger partial charge on any atom is 0.394 e. The summed E-state index contributed by atoms with van der Waals surface area (Å²) in [5, 5.41) is 0. The third-order valence-corrected chi connectivity index (χ3v) is 3.08. The molecule has 3 N–H and O–H groups in total. The summed E-state index contributed by atoms with van der Waals surface area (Å²) in [5.41, 5.74) is 5.17. The molecule has 2 aromatic rings. The fraction of sp³-hybridized carbons (Fsp3) is 0.308. The van der Waals surface area contributed by atoms with Crippen molar-refractivity contribution in [2.75, 3.05) is 0 Å². The molecule has 7 heteroatoms. The van der Waals surface area contributed by atoms with Crippen molar-refractivity contribution < 1.29 is 17.5 Å². The Bertz CT molecular complexity index is 643. The van der Waals surface area contributed by atoms with E-state index in [1.54, 1.807) is 6.33 Å². The minimum atomic E-state index is -4.67. The highest BCUT2D eigenvalue weighted by molar-refractivity contribution is 7.79. The number of imidazole rings is 1. The smallest absolute Gasteiger partial charge is 0.351 e. The molecular formula is C13H18N2O4S. The molecule has 0 aliphatic rings. The molecule has 110 valence electrons. The van der Waals surface area contributed by atoms with Crippen LogP contribution in [-0.2, 0) is 10.4 Å². The first kappa shape index (κ1) is 16.4. The summed E-state index contributed by atoms with van der Waals surface area (Å²) in [6, 6.07) is 6.44. The summed E-state index contributed by atoms with van der Waals surface area (Å²) < 4.78 is 31.6. The van der Waals surface area contributed by atoms with E-state index >= 15 is 0 Å². The van der Waals surface area contributed by atoms with Gasteiger partial charge in [-0.25, -0.2) is 4.98 Å². The predicted octanol–water partition coefficient (Wildman–Crippen LogP) is 2.53. The van der Waals surface area contributed by atoms with Gasteiger partial charge in [0.1, 0.15) is 0 Å². The fourth-order valence-corrected chi connectivity index (χ4v) is 1.91. The maximum absolute atomic E-state index is 8.74. The molecule has 0 fully saturated rings. The summed E-state index contributed by atoms with van der Waals surface area (Å²) in [6.45, 7) is 6.52. The van der Waals surface area contributed by atoms with Crippen LogP contribution in [0.25, 0.3) is 0 Å². The number of hydrogen-bond acceptors (Lipinski definition) is 3. The zero-order chi connectivity index (χ0) is 15.3. The van der Waals surface area contributed by atoms with Crippen LogP contribution in [0.4, 0.5) is 0 Å². The number of benzene rings is 1. The van der Waals surface area contributed by atoms with Crippen LogP contribution in [0.15, 0.2) is 30.7 Å². The predicted molar refractivity (Wildman–Crippen MR) is 76.2 cm³/mol. The van der Waals surface area contributed by atoms with E-state index in [1.165, 1.54) is 16.7 Å². The Morgan fingerprint density at radius 1 is 1.25 bits per heavy atom. The Morgan fingerprint density at radius 2 is 1.85 bits per heavy atom. The molecule has 20 heavy (non-hydrogen) atoms. The van der Waals surface area contributed by atoms with E-state index in [9.17, 15) is 0 Å². The molecule has 1 aromatic heterocycles. The van der Waals surface area contributed by atoms with Gasteiger partial charge in [0.25, 0.3) is 0 Å². The van der Waals surface area contributed by atoms with Gasteiger partial charge in [-0.05, 0) is 30.5 Å². The van der Waals surface area contributed by atoms with Crippen LogP contribution < -0.4 is 0 Å². The average Bonchev–Trinajstić information content (AvgIpc) is 2.83. The quantitative estimate of drug-likeness (QED) is 0.739. The third kappa shape index (κ3) is 5.12. The van der Waals surface area contributed by atoms with E-state index in [0.717, 1.165) is 5.69 Å². The zero-order valence-corrected chi connectivity index (χ0v) is 12.3. The number of aromatic nitrogens is 2. The van der Waals surface area contributed by atoms with Crippen LogP contribution in [0, 0.1) is 13.8 Å². The zero-order valence-electron chi connectivity index (χ0n) is 11.5. The maximum atomic E-state index is 8.74. The molecule has 1 atom stereocenters. The highest BCUT2D eigenvalue weighted by Crippen LogP contribution is 2.26. The van der Waals surface area contributed by atoms with Crippen molar-refractivity contribution in [1.82, 2.24) is 9.97 Å². The van der Waals surface area contributed by atoms with E-state index in [0.29, 0.717) is 5.92 Å². The number of aromatic amines is 1. The van der Waals surface area contributed by atoms with Crippen LogP contribution in [0.5, 0.6) is 0 Å². The van der Waals surface area contributed by atoms with E-state index < -0.39 is 10.4 Å². The highest BCUT2D eigenvalue weighted by Gasteiger charge is 2.12.